The Kier molecular flexibility index (Phi) is 8.22. The van der Waals surface area contributed by atoms with Crippen molar-refractivity contribution in [2.45, 2.75) is 19.4 Å². The number of rotatable bonds is 8. The fraction of sp³-hybridized carbons (Fsp3) is 0.148. The lowest BCUT2D eigenvalue weighted by Gasteiger charge is -2.21. The van der Waals surface area contributed by atoms with E-state index in [0.717, 1.165) is 11.1 Å². The highest BCUT2D eigenvalue weighted by Gasteiger charge is 2.25. The smallest absolute Gasteiger partial charge is 0.341 e. The van der Waals surface area contributed by atoms with Gasteiger partial charge in [-0.2, -0.15) is 0 Å². The van der Waals surface area contributed by atoms with Crippen LogP contribution in [0.15, 0.2) is 84.9 Å². The molecular weight excluding hydrogens is 452 g/mol. The molecule has 1 amide bonds. The van der Waals surface area contributed by atoms with Crippen LogP contribution in [0.25, 0.3) is 22.2 Å². The zero-order chi connectivity index (χ0) is 23.2. The number of nitrogens with zero attached hydrogens (tertiary/aromatic N) is 1. The molecule has 34 heavy (non-hydrogen) atoms. The van der Waals surface area contributed by atoms with Gasteiger partial charge in [0.05, 0.1) is 17.1 Å². The van der Waals surface area contributed by atoms with Gasteiger partial charge in [-0.25, -0.2) is 9.78 Å². The standard InChI is InChI=1S/C27H24N2O4.ClH/c1-2-21(18-11-5-3-6-12-18)29-27(32)24-20-15-9-10-16-22(20)28-25(19-13-7-4-8-14-19)26(24)33-17-23(30)31;/h3-16,21H,2,17H2,1H3,(H,29,32)(H,30,31);1H/t21-;/m0./s1. The number of halogens is 1. The number of para-hydroxylation sites is 1. The summed E-state index contributed by atoms with van der Waals surface area (Å²) in [5.41, 5.74) is 3.04. The summed E-state index contributed by atoms with van der Waals surface area (Å²) in [7, 11) is 0. The number of ether oxygens (including phenoxy) is 1. The van der Waals surface area contributed by atoms with Gasteiger partial charge in [-0.3, -0.25) is 4.79 Å². The topological polar surface area (TPSA) is 88.5 Å². The quantitative estimate of drug-likeness (QED) is 0.342. The molecule has 0 aliphatic rings. The zero-order valence-electron chi connectivity index (χ0n) is 18.6. The van der Waals surface area contributed by atoms with Crippen LogP contribution in [-0.4, -0.2) is 28.6 Å². The molecule has 0 radical (unpaired) electrons. The molecule has 0 saturated heterocycles. The maximum absolute atomic E-state index is 13.7. The molecule has 0 aliphatic heterocycles. The third-order valence-corrected chi connectivity index (χ3v) is 5.38. The molecule has 0 saturated carbocycles. The van der Waals surface area contributed by atoms with Crippen LogP contribution in [-0.2, 0) is 4.79 Å². The molecule has 1 atom stereocenters. The molecule has 0 fully saturated rings. The summed E-state index contributed by atoms with van der Waals surface area (Å²) >= 11 is 0. The van der Waals surface area contributed by atoms with E-state index in [-0.39, 0.29) is 35.7 Å². The number of hydrogen-bond acceptors (Lipinski definition) is 4. The first-order chi connectivity index (χ1) is 16.1. The molecular formula is C27H25ClN2O4. The van der Waals surface area contributed by atoms with Crippen LogP contribution in [0.3, 0.4) is 0 Å². The number of aliphatic carboxylic acids is 1. The van der Waals surface area contributed by atoms with Gasteiger partial charge in [0, 0.05) is 10.9 Å². The van der Waals surface area contributed by atoms with Gasteiger partial charge in [0.15, 0.2) is 12.4 Å². The molecule has 3 aromatic carbocycles. The second-order valence-electron chi connectivity index (χ2n) is 7.58. The van der Waals surface area contributed by atoms with E-state index in [1.165, 1.54) is 0 Å². The molecule has 1 aromatic heterocycles. The highest BCUT2D eigenvalue weighted by atomic mass is 35.5. The Balaban J connectivity index is 0.00000324. The van der Waals surface area contributed by atoms with Crippen LogP contribution < -0.4 is 10.1 Å². The third kappa shape index (κ3) is 5.35. The number of amides is 1. The van der Waals surface area contributed by atoms with E-state index in [0.29, 0.717) is 23.0 Å². The van der Waals surface area contributed by atoms with Gasteiger partial charge in [0.1, 0.15) is 5.69 Å². The number of carbonyl (C=O) groups excluding carboxylic acids is 1. The van der Waals surface area contributed by atoms with Crippen LogP contribution >= 0.6 is 12.4 Å². The van der Waals surface area contributed by atoms with E-state index in [1.54, 1.807) is 6.07 Å². The largest absolute Gasteiger partial charge is 0.479 e. The van der Waals surface area contributed by atoms with Crippen LogP contribution in [0.5, 0.6) is 5.75 Å². The fourth-order valence-electron chi connectivity index (χ4n) is 3.82. The van der Waals surface area contributed by atoms with E-state index in [4.69, 9.17) is 9.72 Å². The fourth-order valence-corrected chi connectivity index (χ4v) is 3.82. The van der Waals surface area contributed by atoms with E-state index in [1.807, 2.05) is 85.8 Å². The van der Waals surface area contributed by atoms with E-state index in [2.05, 4.69) is 5.32 Å². The van der Waals surface area contributed by atoms with Gasteiger partial charge >= 0.3 is 5.97 Å². The number of fused-ring (bicyclic) bond motifs is 1. The molecule has 7 heteroatoms. The first-order valence-corrected chi connectivity index (χ1v) is 10.8. The van der Waals surface area contributed by atoms with Crippen LogP contribution in [0.1, 0.15) is 35.3 Å². The van der Waals surface area contributed by atoms with Crippen molar-refractivity contribution in [3.8, 4) is 17.0 Å². The van der Waals surface area contributed by atoms with Crippen molar-refractivity contribution in [1.82, 2.24) is 10.3 Å². The SMILES string of the molecule is CC[C@H](NC(=O)c1c(OCC(=O)O)c(-c2ccccc2)nc2ccccc12)c1ccccc1.Cl. The van der Waals surface area contributed by atoms with Crippen molar-refractivity contribution in [2.75, 3.05) is 6.61 Å². The molecule has 1 heterocycles. The predicted octanol–water partition coefficient (Wildman–Crippen LogP) is 5.67. The van der Waals surface area contributed by atoms with Gasteiger partial charge < -0.3 is 15.2 Å². The number of nitrogens with one attached hydrogen (secondary N) is 1. The minimum atomic E-state index is -1.13. The zero-order valence-corrected chi connectivity index (χ0v) is 19.4. The second-order valence-corrected chi connectivity index (χ2v) is 7.58. The molecule has 6 nitrogen and oxygen atoms in total. The number of hydrogen-bond donors (Lipinski definition) is 2. The maximum atomic E-state index is 13.7. The monoisotopic (exact) mass is 476 g/mol. The number of carboxylic acid groups (broad SMARTS) is 1. The average Bonchev–Trinajstić information content (AvgIpc) is 2.86. The Morgan fingerprint density at radius 3 is 2.21 bits per heavy atom. The third-order valence-electron chi connectivity index (χ3n) is 5.38. The Morgan fingerprint density at radius 2 is 1.56 bits per heavy atom. The van der Waals surface area contributed by atoms with Crippen molar-refractivity contribution < 1.29 is 19.4 Å². The molecule has 0 bridgehead atoms. The van der Waals surface area contributed by atoms with E-state index >= 15 is 0 Å². The first-order valence-electron chi connectivity index (χ1n) is 10.8. The molecule has 0 spiro atoms. The average molecular weight is 477 g/mol. The minimum absolute atomic E-state index is 0. The lowest BCUT2D eigenvalue weighted by atomic mass is 10.00. The summed E-state index contributed by atoms with van der Waals surface area (Å²) in [4.78, 5) is 29.7. The number of carbonyl (C=O) groups is 2. The maximum Gasteiger partial charge on any atom is 0.341 e. The molecule has 174 valence electrons. The number of benzene rings is 3. The van der Waals surface area contributed by atoms with Gasteiger partial charge in [-0.05, 0) is 18.1 Å². The summed E-state index contributed by atoms with van der Waals surface area (Å²) < 4.78 is 5.71. The summed E-state index contributed by atoms with van der Waals surface area (Å²) in [5.74, 6) is -1.33. The van der Waals surface area contributed by atoms with Crippen molar-refractivity contribution in [3.05, 3.63) is 96.1 Å². The van der Waals surface area contributed by atoms with Crippen molar-refractivity contribution >= 4 is 35.2 Å². The van der Waals surface area contributed by atoms with Crippen LogP contribution in [0, 0.1) is 0 Å². The summed E-state index contributed by atoms with van der Waals surface area (Å²) in [6, 6.07) is 26.1. The Labute approximate surface area is 204 Å². The number of aromatic nitrogens is 1. The number of pyridine rings is 1. The lowest BCUT2D eigenvalue weighted by Crippen LogP contribution is -2.29. The molecule has 2 N–H and O–H groups in total. The normalized spacial score (nSPS) is 11.3. The van der Waals surface area contributed by atoms with Gasteiger partial charge in [0.25, 0.3) is 5.91 Å². The van der Waals surface area contributed by atoms with Gasteiger partial charge in [-0.15, -0.1) is 12.4 Å². The minimum Gasteiger partial charge on any atom is -0.479 e. The first kappa shape index (κ1) is 24.7. The Hall–Kier alpha value is -3.90. The lowest BCUT2D eigenvalue weighted by molar-refractivity contribution is -0.139. The van der Waals surface area contributed by atoms with Gasteiger partial charge in [0.2, 0.25) is 0 Å². The molecule has 4 rings (SSSR count). The van der Waals surface area contributed by atoms with Crippen molar-refractivity contribution in [3.63, 3.8) is 0 Å². The van der Waals surface area contributed by atoms with Crippen LogP contribution in [0.4, 0.5) is 0 Å². The highest BCUT2D eigenvalue weighted by molar-refractivity contribution is 6.10. The molecule has 0 unspecified atom stereocenters. The summed E-state index contributed by atoms with van der Waals surface area (Å²) in [6.45, 7) is 1.41. The second kappa shape index (κ2) is 11.3. The molecule has 4 aromatic rings. The summed E-state index contributed by atoms with van der Waals surface area (Å²) in [6.07, 6.45) is 0.690. The van der Waals surface area contributed by atoms with Gasteiger partial charge in [-0.1, -0.05) is 85.8 Å². The highest BCUT2D eigenvalue weighted by Crippen LogP contribution is 2.37. The number of carboxylic acids is 1. The van der Waals surface area contributed by atoms with Crippen molar-refractivity contribution in [1.29, 1.82) is 0 Å². The van der Waals surface area contributed by atoms with Crippen molar-refractivity contribution in [2.24, 2.45) is 0 Å². The summed E-state index contributed by atoms with van der Waals surface area (Å²) in [5, 5.41) is 13.0. The Bertz CT molecular complexity index is 1280. The predicted molar refractivity (Wildman–Crippen MR) is 134 cm³/mol. The van der Waals surface area contributed by atoms with E-state index < -0.39 is 12.6 Å². The van der Waals surface area contributed by atoms with E-state index in [9.17, 15) is 14.7 Å². The molecule has 0 aliphatic carbocycles. The Morgan fingerprint density at radius 1 is 0.941 bits per heavy atom. The van der Waals surface area contributed by atoms with Crippen LogP contribution in [0.2, 0.25) is 0 Å².